The number of rotatable bonds is 7. The van der Waals surface area contributed by atoms with Crippen molar-refractivity contribution >= 4 is 47.6 Å². The molecule has 9 nitrogen and oxygen atoms in total. The van der Waals surface area contributed by atoms with Crippen LogP contribution in [0.2, 0.25) is 0 Å². The van der Waals surface area contributed by atoms with Gasteiger partial charge in [0, 0.05) is 44.2 Å². The van der Waals surface area contributed by atoms with Crippen molar-refractivity contribution in [3.63, 3.8) is 0 Å². The highest BCUT2D eigenvalue weighted by atomic mass is 32.2. The molecule has 0 radical (unpaired) electrons. The molecule has 0 atom stereocenters. The van der Waals surface area contributed by atoms with E-state index in [-0.39, 0.29) is 11.8 Å². The van der Waals surface area contributed by atoms with Gasteiger partial charge >= 0.3 is 0 Å². The minimum Gasteiger partial charge on any atom is -0.393 e. The molecule has 0 saturated carbocycles. The van der Waals surface area contributed by atoms with Crippen LogP contribution in [0.3, 0.4) is 0 Å². The Labute approximate surface area is 173 Å². The Morgan fingerprint density at radius 3 is 2.59 bits per heavy atom. The zero-order valence-corrected chi connectivity index (χ0v) is 16.9. The number of aliphatic imine (C=N–C) groups is 1. The highest BCUT2D eigenvalue weighted by Gasteiger charge is 2.23. The first-order valence-corrected chi connectivity index (χ1v) is 10.0. The number of nitrogen functional groups attached to an aromatic ring is 1. The number of nitrogens with two attached hydrogens (primary N) is 1. The fourth-order valence-corrected chi connectivity index (χ4v) is 3.75. The van der Waals surface area contributed by atoms with Crippen LogP contribution < -0.4 is 21.3 Å². The van der Waals surface area contributed by atoms with Gasteiger partial charge in [0.2, 0.25) is 0 Å². The quantitative estimate of drug-likeness (QED) is 0.465. The molecule has 0 spiro atoms. The third-order valence-electron chi connectivity index (χ3n) is 4.27. The van der Waals surface area contributed by atoms with E-state index in [9.17, 15) is 9.59 Å². The minimum absolute atomic E-state index is 0.172. The fourth-order valence-electron chi connectivity index (χ4n) is 2.84. The van der Waals surface area contributed by atoms with Crippen LogP contribution >= 0.6 is 11.8 Å². The maximum Gasteiger partial charge on any atom is 0.259 e. The average Bonchev–Trinajstić information content (AvgIpc) is 3.04. The molecular weight excluding hydrogens is 390 g/mol. The molecule has 2 heterocycles. The lowest BCUT2D eigenvalue weighted by atomic mass is 10.2. The Morgan fingerprint density at radius 2 is 1.93 bits per heavy atom. The van der Waals surface area contributed by atoms with Gasteiger partial charge in [0.05, 0.1) is 4.91 Å². The molecule has 0 fully saturated rings. The van der Waals surface area contributed by atoms with Gasteiger partial charge in [0.1, 0.15) is 5.69 Å². The smallest absolute Gasteiger partial charge is 0.259 e. The predicted octanol–water partition coefficient (Wildman–Crippen LogP) is 1.28. The first-order valence-electron chi connectivity index (χ1n) is 9.03. The lowest BCUT2D eigenvalue weighted by molar-refractivity contribution is -0.116. The molecular formula is C19H23N7O2S. The summed E-state index contributed by atoms with van der Waals surface area (Å²) in [7, 11) is 1.74. The van der Waals surface area contributed by atoms with Gasteiger partial charge in [-0.1, -0.05) is 18.2 Å². The van der Waals surface area contributed by atoms with E-state index in [1.54, 1.807) is 42.2 Å². The molecule has 4 N–H and O–H groups in total. The van der Waals surface area contributed by atoms with Gasteiger partial charge in [-0.25, -0.2) is 9.67 Å². The van der Waals surface area contributed by atoms with Crippen LogP contribution in [0.5, 0.6) is 0 Å². The number of nitrogens with zero attached hydrogens (tertiary/aromatic N) is 4. The van der Waals surface area contributed by atoms with Gasteiger partial charge in [-0.05, 0) is 18.9 Å². The van der Waals surface area contributed by atoms with Crippen LogP contribution in [0, 0.1) is 0 Å². The molecule has 152 valence electrons. The van der Waals surface area contributed by atoms with Gasteiger partial charge in [0.25, 0.3) is 11.8 Å². The summed E-state index contributed by atoms with van der Waals surface area (Å²) in [6.45, 7) is 4.84. The van der Waals surface area contributed by atoms with E-state index in [4.69, 9.17) is 5.73 Å². The summed E-state index contributed by atoms with van der Waals surface area (Å²) < 4.78 is 1.56. The summed E-state index contributed by atoms with van der Waals surface area (Å²) in [5, 5.41) is 9.97. The standard InChI is InChI=1S/C19H23N7O2S/c1-21-16-15(20)17(24-25(16)2)26-10-11-29-14(12-26)19(28)23-9-8-22-18(27)13-6-4-3-5-7-13/h3-7,12H,1,8-11,20H2,2H3,(H,22,27)(H,23,28). The molecule has 1 aromatic heterocycles. The molecule has 1 aliphatic rings. The monoisotopic (exact) mass is 413 g/mol. The third kappa shape index (κ3) is 4.77. The van der Waals surface area contributed by atoms with Crippen LogP contribution in [-0.2, 0) is 11.8 Å². The molecule has 1 aromatic carbocycles. The number of hydrogen-bond acceptors (Lipinski definition) is 7. The van der Waals surface area contributed by atoms with Gasteiger partial charge in [-0.3, -0.25) is 9.59 Å². The van der Waals surface area contributed by atoms with Crippen LogP contribution in [-0.4, -0.2) is 53.7 Å². The SMILES string of the molecule is C=Nc1c(N)c(N2C=C(C(=O)NCCNC(=O)c3ccccc3)SCC2)nn1C. The molecule has 0 unspecified atom stereocenters. The highest BCUT2D eigenvalue weighted by Crippen LogP contribution is 2.34. The number of nitrogens with one attached hydrogen (secondary N) is 2. The number of aromatic nitrogens is 2. The predicted molar refractivity (Wildman–Crippen MR) is 117 cm³/mol. The summed E-state index contributed by atoms with van der Waals surface area (Å²) in [5.74, 6) is 1.39. The summed E-state index contributed by atoms with van der Waals surface area (Å²) in [6, 6.07) is 8.93. The van der Waals surface area contributed by atoms with Gasteiger partial charge in [-0.15, -0.1) is 11.8 Å². The number of benzene rings is 1. The number of hydrogen-bond donors (Lipinski definition) is 3. The summed E-state index contributed by atoms with van der Waals surface area (Å²) in [6.07, 6.45) is 1.73. The number of amides is 2. The molecule has 29 heavy (non-hydrogen) atoms. The number of carbonyl (C=O) groups excluding carboxylic acids is 2. The summed E-state index contributed by atoms with van der Waals surface area (Å²) >= 11 is 1.46. The van der Waals surface area contributed by atoms with Crippen molar-refractivity contribution in [2.45, 2.75) is 0 Å². The lowest BCUT2D eigenvalue weighted by Crippen LogP contribution is -2.36. The molecule has 2 amide bonds. The van der Waals surface area contributed by atoms with E-state index >= 15 is 0 Å². The topological polar surface area (TPSA) is 118 Å². The van der Waals surface area contributed by atoms with Crippen LogP contribution in [0.1, 0.15) is 10.4 Å². The molecule has 2 aromatic rings. The second-order valence-electron chi connectivity index (χ2n) is 6.26. The Bertz CT molecular complexity index is 940. The van der Waals surface area contributed by atoms with Crippen molar-refractivity contribution in [3.05, 3.63) is 47.0 Å². The Kier molecular flexibility index (Phi) is 6.55. The van der Waals surface area contributed by atoms with E-state index in [0.717, 1.165) is 5.75 Å². The Morgan fingerprint density at radius 1 is 1.24 bits per heavy atom. The van der Waals surface area contributed by atoms with Gasteiger partial charge in [0.15, 0.2) is 11.6 Å². The zero-order valence-electron chi connectivity index (χ0n) is 16.1. The number of aryl methyl sites for hydroxylation is 1. The molecule has 10 heteroatoms. The van der Waals surface area contributed by atoms with Crippen molar-refractivity contribution in [2.24, 2.45) is 12.0 Å². The summed E-state index contributed by atoms with van der Waals surface area (Å²) in [5.41, 5.74) is 7.12. The third-order valence-corrected chi connectivity index (χ3v) is 5.26. The number of anilines is 2. The lowest BCUT2D eigenvalue weighted by Gasteiger charge is -2.24. The zero-order chi connectivity index (χ0) is 20.8. The number of thioether (sulfide) groups is 1. The van der Waals surface area contributed by atoms with Crippen molar-refractivity contribution in [1.29, 1.82) is 0 Å². The van der Waals surface area contributed by atoms with Crippen LogP contribution in [0.15, 0.2) is 46.4 Å². The van der Waals surface area contributed by atoms with E-state index < -0.39 is 0 Å². The molecule has 0 saturated heterocycles. The summed E-state index contributed by atoms with van der Waals surface area (Å²) in [4.78, 5) is 30.8. The number of carbonyl (C=O) groups is 2. The fraction of sp³-hybridized carbons (Fsp3) is 0.263. The first kappa shape index (κ1) is 20.5. The largest absolute Gasteiger partial charge is 0.393 e. The minimum atomic E-state index is -0.203. The first-order chi connectivity index (χ1) is 14.0. The molecule has 3 rings (SSSR count). The Hall–Kier alpha value is -3.27. The normalized spacial score (nSPS) is 13.6. The molecule has 0 aliphatic carbocycles. The van der Waals surface area contributed by atoms with E-state index in [1.165, 1.54) is 11.8 Å². The van der Waals surface area contributed by atoms with Gasteiger partial charge < -0.3 is 21.3 Å². The Balaban J connectivity index is 1.55. The van der Waals surface area contributed by atoms with Crippen LogP contribution in [0.4, 0.5) is 17.3 Å². The maximum atomic E-state index is 12.5. The second-order valence-corrected chi connectivity index (χ2v) is 7.39. The van der Waals surface area contributed by atoms with E-state index in [0.29, 0.717) is 47.4 Å². The molecule has 0 bridgehead atoms. The van der Waals surface area contributed by atoms with E-state index in [2.05, 4.69) is 27.4 Å². The van der Waals surface area contributed by atoms with Crippen molar-refractivity contribution in [1.82, 2.24) is 20.4 Å². The van der Waals surface area contributed by atoms with Crippen molar-refractivity contribution in [2.75, 3.05) is 36.0 Å². The van der Waals surface area contributed by atoms with Crippen molar-refractivity contribution in [3.8, 4) is 0 Å². The van der Waals surface area contributed by atoms with E-state index in [1.807, 2.05) is 11.0 Å². The van der Waals surface area contributed by atoms with Crippen LogP contribution in [0.25, 0.3) is 0 Å². The maximum absolute atomic E-state index is 12.5. The second kappa shape index (κ2) is 9.28. The highest BCUT2D eigenvalue weighted by molar-refractivity contribution is 8.04. The average molecular weight is 414 g/mol. The van der Waals surface area contributed by atoms with Gasteiger partial charge in [-0.2, -0.15) is 5.10 Å². The van der Waals surface area contributed by atoms with Crippen molar-refractivity contribution < 1.29 is 9.59 Å². The molecule has 1 aliphatic heterocycles.